The van der Waals surface area contributed by atoms with Crippen LogP contribution in [0.5, 0.6) is 0 Å². The molecule has 1 fully saturated rings. The predicted molar refractivity (Wildman–Crippen MR) is 135 cm³/mol. The van der Waals surface area contributed by atoms with Crippen LogP contribution < -0.4 is 10.6 Å². The van der Waals surface area contributed by atoms with Crippen molar-refractivity contribution in [3.63, 3.8) is 0 Å². The van der Waals surface area contributed by atoms with E-state index in [-0.39, 0.29) is 43.2 Å². The molecule has 0 aromatic heterocycles. The van der Waals surface area contributed by atoms with E-state index in [2.05, 4.69) is 10.6 Å². The van der Waals surface area contributed by atoms with Crippen molar-refractivity contribution in [1.29, 1.82) is 0 Å². The molecular weight excluding hydrogens is 543 g/mol. The van der Waals surface area contributed by atoms with E-state index >= 15 is 0 Å². The Hall–Kier alpha value is -3.31. The van der Waals surface area contributed by atoms with Crippen molar-refractivity contribution in [2.75, 3.05) is 13.1 Å². The second-order valence-corrected chi connectivity index (χ2v) is 10.5. The summed E-state index contributed by atoms with van der Waals surface area (Å²) in [5.74, 6) is -2.30. The molecule has 0 saturated carbocycles. The van der Waals surface area contributed by atoms with Gasteiger partial charge in [0.05, 0.1) is 17.2 Å². The molecule has 2 aromatic carbocycles. The number of rotatable bonds is 6. The number of halogens is 7. The molecule has 40 heavy (non-hydrogen) atoms. The van der Waals surface area contributed by atoms with Gasteiger partial charge in [-0.1, -0.05) is 13.0 Å². The largest absolute Gasteiger partial charge is 0.416 e. The molecule has 1 aliphatic rings. The SMILES string of the molecule is Cc1cc(F)ccc1C1C[C@@H](C(=O)NC[C@@H](C)c2cc(C(F)(F)F)cc(C(F)(F)F)c2)CCN1C(=O)NC(C)C. The summed E-state index contributed by atoms with van der Waals surface area (Å²) in [7, 11) is 0. The van der Waals surface area contributed by atoms with Gasteiger partial charge in [-0.05, 0) is 86.6 Å². The van der Waals surface area contributed by atoms with Gasteiger partial charge in [0.15, 0.2) is 0 Å². The Morgan fingerprint density at radius 1 is 0.975 bits per heavy atom. The number of carbonyl (C=O) groups excluding carboxylic acids is 2. The molecule has 0 aliphatic carbocycles. The molecule has 12 heteroatoms. The number of hydrogen-bond donors (Lipinski definition) is 2. The van der Waals surface area contributed by atoms with E-state index in [1.54, 1.807) is 31.7 Å². The van der Waals surface area contributed by atoms with Gasteiger partial charge < -0.3 is 15.5 Å². The normalized spacial score (nSPS) is 18.9. The monoisotopic (exact) mass is 575 g/mol. The van der Waals surface area contributed by atoms with Crippen molar-refractivity contribution in [2.24, 2.45) is 5.92 Å². The lowest BCUT2D eigenvalue weighted by molar-refractivity contribution is -0.143. The molecule has 1 saturated heterocycles. The minimum atomic E-state index is -4.97. The number of nitrogens with zero attached hydrogens (tertiary/aromatic N) is 1. The highest BCUT2D eigenvalue weighted by Gasteiger charge is 2.38. The van der Waals surface area contributed by atoms with Crippen molar-refractivity contribution in [3.05, 3.63) is 70.0 Å². The molecule has 0 bridgehead atoms. The van der Waals surface area contributed by atoms with E-state index in [4.69, 9.17) is 0 Å². The maximum absolute atomic E-state index is 13.8. The number of likely N-dealkylation sites (tertiary alicyclic amines) is 1. The summed E-state index contributed by atoms with van der Waals surface area (Å²) in [4.78, 5) is 27.6. The summed E-state index contributed by atoms with van der Waals surface area (Å²) in [6.45, 7) is 6.77. The van der Waals surface area contributed by atoms with Crippen molar-refractivity contribution in [2.45, 2.75) is 70.9 Å². The van der Waals surface area contributed by atoms with Crippen LogP contribution in [-0.2, 0) is 17.1 Å². The van der Waals surface area contributed by atoms with Crippen molar-refractivity contribution >= 4 is 11.9 Å². The molecule has 5 nitrogen and oxygen atoms in total. The summed E-state index contributed by atoms with van der Waals surface area (Å²) in [5, 5.41) is 5.49. The quantitative estimate of drug-likeness (QED) is 0.366. The fourth-order valence-corrected chi connectivity index (χ4v) is 4.86. The van der Waals surface area contributed by atoms with Crippen molar-refractivity contribution in [3.8, 4) is 0 Å². The molecule has 1 aliphatic heterocycles. The van der Waals surface area contributed by atoms with Gasteiger partial charge in [0.2, 0.25) is 5.91 Å². The van der Waals surface area contributed by atoms with Gasteiger partial charge in [-0.2, -0.15) is 26.3 Å². The number of nitrogens with one attached hydrogen (secondary N) is 2. The summed E-state index contributed by atoms with van der Waals surface area (Å²) >= 11 is 0. The fraction of sp³-hybridized carbons (Fsp3) is 0.500. The summed E-state index contributed by atoms with van der Waals surface area (Å²) < 4.78 is 93.3. The minimum absolute atomic E-state index is 0.0651. The number of carbonyl (C=O) groups is 2. The number of hydrogen-bond acceptors (Lipinski definition) is 2. The minimum Gasteiger partial charge on any atom is -0.355 e. The van der Waals surface area contributed by atoms with E-state index < -0.39 is 53.1 Å². The Morgan fingerprint density at radius 3 is 2.10 bits per heavy atom. The van der Waals surface area contributed by atoms with Crippen LogP contribution in [0, 0.1) is 18.7 Å². The molecule has 3 amide bonds. The number of urea groups is 1. The highest BCUT2D eigenvalue weighted by Crippen LogP contribution is 2.38. The van der Waals surface area contributed by atoms with E-state index in [9.17, 15) is 40.3 Å². The summed E-state index contributed by atoms with van der Waals surface area (Å²) in [5.41, 5.74) is -1.76. The molecule has 2 aromatic rings. The average Bonchev–Trinajstić information content (AvgIpc) is 2.85. The third-order valence-corrected chi connectivity index (χ3v) is 7.00. The van der Waals surface area contributed by atoms with E-state index in [1.807, 2.05) is 0 Å². The van der Waals surface area contributed by atoms with Crippen LogP contribution in [0.25, 0.3) is 0 Å². The van der Waals surface area contributed by atoms with Gasteiger partial charge in [0.25, 0.3) is 0 Å². The molecule has 0 radical (unpaired) electrons. The second kappa shape index (κ2) is 12.1. The van der Waals surface area contributed by atoms with E-state index in [0.717, 1.165) is 0 Å². The maximum Gasteiger partial charge on any atom is 0.416 e. The molecule has 1 unspecified atom stereocenters. The van der Waals surface area contributed by atoms with Gasteiger partial charge in [0.1, 0.15) is 5.82 Å². The maximum atomic E-state index is 13.8. The standard InChI is InChI=1S/C28H32F7N3O2/c1-15(2)37-26(40)38-8-7-18(12-24(38)23-6-5-22(29)9-16(23)3)25(39)36-14-17(4)19-10-20(27(30,31)32)13-21(11-19)28(33,34)35/h5-6,9-11,13,15,17-18,24H,7-8,12,14H2,1-4H3,(H,36,39)(H,37,40)/t17-,18+,24?/m1/s1. The van der Waals surface area contributed by atoms with Gasteiger partial charge in [-0.15, -0.1) is 0 Å². The lowest BCUT2D eigenvalue weighted by Crippen LogP contribution is -2.50. The average molecular weight is 576 g/mol. The van der Waals surface area contributed by atoms with Gasteiger partial charge >= 0.3 is 18.4 Å². The zero-order chi connectivity index (χ0) is 30.0. The number of alkyl halides is 6. The number of piperidine rings is 1. The van der Waals surface area contributed by atoms with Crippen LogP contribution in [0.2, 0.25) is 0 Å². The van der Waals surface area contributed by atoms with Crippen LogP contribution >= 0.6 is 0 Å². The number of amides is 3. The second-order valence-electron chi connectivity index (χ2n) is 10.5. The first-order chi connectivity index (χ1) is 18.5. The summed E-state index contributed by atoms with van der Waals surface area (Å²) in [6.07, 6.45) is -9.44. The van der Waals surface area contributed by atoms with Crippen molar-refractivity contribution < 1.29 is 40.3 Å². The van der Waals surface area contributed by atoms with Crippen LogP contribution in [0.1, 0.15) is 73.4 Å². The van der Waals surface area contributed by atoms with E-state index in [0.29, 0.717) is 29.7 Å². The van der Waals surface area contributed by atoms with Gasteiger partial charge in [-0.25, -0.2) is 9.18 Å². The highest BCUT2D eigenvalue weighted by atomic mass is 19.4. The Bertz CT molecular complexity index is 1200. The molecule has 3 atom stereocenters. The zero-order valence-corrected chi connectivity index (χ0v) is 22.5. The van der Waals surface area contributed by atoms with Crippen LogP contribution in [0.4, 0.5) is 35.5 Å². The van der Waals surface area contributed by atoms with Gasteiger partial charge in [0, 0.05) is 25.0 Å². The first-order valence-corrected chi connectivity index (χ1v) is 12.9. The Balaban J connectivity index is 1.78. The third kappa shape index (κ3) is 7.66. The predicted octanol–water partition coefficient (Wildman–Crippen LogP) is 6.96. The van der Waals surface area contributed by atoms with Crippen LogP contribution in [0.3, 0.4) is 0 Å². The smallest absolute Gasteiger partial charge is 0.355 e. The van der Waals surface area contributed by atoms with Crippen LogP contribution in [-0.4, -0.2) is 36.0 Å². The number of benzene rings is 2. The molecule has 2 N–H and O–H groups in total. The molecular formula is C28H32F7N3O2. The topological polar surface area (TPSA) is 61.4 Å². The fourth-order valence-electron chi connectivity index (χ4n) is 4.86. The first-order valence-electron chi connectivity index (χ1n) is 12.9. The molecule has 1 heterocycles. The zero-order valence-electron chi connectivity index (χ0n) is 22.5. The van der Waals surface area contributed by atoms with E-state index in [1.165, 1.54) is 19.1 Å². The molecule has 0 spiro atoms. The molecule has 3 rings (SSSR count). The highest BCUT2D eigenvalue weighted by molar-refractivity contribution is 5.80. The lowest BCUT2D eigenvalue weighted by atomic mass is 9.85. The lowest BCUT2D eigenvalue weighted by Gasteiger charge is -2.40. The number of aryl methyl sites for hydroxylation is 1. The van der Waals surface area contributed by atoms with Gasteiger partial charge in [-0.3, -0.25) is 4.79 Å². The first kappa shape index (κ1) is 31.2. The molecule has 220 valence electrons. The third-order valence-electron chi connectivity index (χ3n) is 7.00. The summed E-state index contributed by atoms with van der Waals surface area (Å²) in [6, 6.07) is 4.55. The van der Waals surface area contributed by atoms with Crippen LogP contribution in [0.15, 0.2) is 36.4 Å². The Kier molecular flexibility index (Phi) is 9.41. The Labute approximate surface area is 228 Å². The Morgan fingerprint density at radius 2 is 1.57 bits per heavy atom. The van der Waals surface area contributed by atoms with Crippen molar-refractivity contribution in [1.82, 2.24) is 15.5 Å².